The number of nitrogens with zero attached hydrogens (tertiary/aromatic N) is 3. The van der Waals surface area contributed by atoms with E-state index in [-0.39, 0.29) is 11.8 Å². The van der Waals surface area contributed by atoms with Gasteiger partial charge in [0.1, 0.15) is 11.4 Å². The molecule has 142 valence electrons. The van der Waals surface area contributed by atoms with Crippen molar-refractivity contribution in [2.75, 3.05) is 25.5 Å². The van der Waals surface area contributed by atoms with Crippen LogP contribution in [0.3, 0.4) is 0 Å². The lowest BCUT2D eigenvalue weighted by Crippen LogP contribution is -2.62. The van der Waals surface area contributed by atoms with Crippen molar-refractivity contribution in [1.82, 2.24) is 14.9 Å². The second kappa shape index (κ2) is 6.77. The Labute approximate surface area is 156 Å². The minimum atomic E-state index is -0.525. The van der Waals surface area contributed by atoms with Crippen molar-refractivity contribution in [3.05, 3.63) is 47.3 Å². The third-order valence-electron chi connectivity index (χ3n) is 4.95. The van der Waals surface area contributed by atoms with Gasteiger partial charge in [-0.3, -0.25) is 0 Å². The summed E-state index contributed by atoms with van der Waals surface area (Å²) in [5.41, 5.74) is 1.72. The summed E-state index contributed by atoms with van der Waals surface area (Å²) < 4.78 is 24.6. The van der Waals surface area contributed by atoms with Crippen LogP contribution in [0.25, 0.3) is 0 Å². The van der Waals surface area contributed by atoms with Crippen molar-refractivity contribution in [3.63, 3.8) is 0 Å². The highest BCUT2D eigenvalue weighted by atomic mass is 19.1. The number of aromatic nitrogens is 2. The van der Waals surface area contributed by atoms with E-state index in [0.29, 0.717) is 25.4 Å². The average molecular weight is 372 g/mol. The van der Waals surface area contributed by atoms with Crippen LogP contribution in [0.5, 0.6) is 5.75 Å². The van der Waals surface area contributed by atoms with Crippen LogP contribution in [0, 0.1) is 5.82 Å². The molecule has 1 N–H and O–H groups in total. The maximum atomic E-state index is 13.8. The highest BCUT2D eigenvalue weighted by Gasteiger charge is 2.52. The number of hydrogen-bond acceptors (Lipinski definition) is 5. The fourth-order valence-electron chi connectivity index (χ4n) is 3.50. The van der Waals surface area contributed by atoms with Crippen LogP contribution >= 0.6 is 0 Å². The third kappa shape index (κ3) is 3.10. The summed E-state index contributed by atoms with van der Waals surface area (Å²) in [5, 5.41) is 2.70. The monoisotopic (exact) mass is 372 g/mol. The normalized spacial score (nSPS) is 16.8. The number of hydrogen-bond donors (Lipinski definition) is 1. The number of likely N-dealkylation sites (tertiary alicyclic amines) is 1. The van der Waals surface area contributed by atoms with Crippen LogP contribution in [-0.4, -0.2) is 41.1 Å². The number of amides is 2. The topological polar surface area (TPSA) is 76.6 Å². The maximum absolute atomic E-state index is 13.8. The zero-order chi connectivity index (χ0) is 19.0. The minimum Gasteiger partial charge on any atom is -0.494 e. The van der Waals surface area contributed by atoms with E-state index >= 15 is 0 Å². The van der Waals surface area contributed by atoms with Gasteiger partial charge >= 0.3 is 6.03 Å². The Kier molecular flexibility index (Phi) is 4.43. The second-order valence-electron chi connectivity index (χ2n) is 6.82. The molecule has 2 aromatic rings. The SMILES string of the molecule is CCCc1ncc2c(n1)COC21CN(C(=O)Nc2ccc(OC)c(F)c2)C1. The molecule has 3 heterocycles. The molecule has 4 rings (SSSR count). The summed E-state index contributed by atoms with van der Waals surface area (Å²) in [6.45, 7) is 3.36. The number of benzene rings is 1. The lowest BCUT2D eigenvalue weighted by molar-refractivity contribution is -0.122. The number of ether oxygens (including phenoxy) is 2. The van der Waals surface area contributed by atoms with Crippen molar-refractivity contribution in [1.29, 1.82) is 0 Å². The number of anilines is 1. The first-order chi connectivity index (χ1) is 13.0. The molecule has 27 heavy (non-hydrogen) atoms. The summed E-state index contributed by atoms with van der Waals surface area (Å²) >= 11 is 0. The van der Waals surface area contributed by atoms with E-state index in [1.54, 1.807) is 11.0 Å². The Bertz CT molecular complexity index is 883. The van der Waals surface area contributed by atoms with Crippen molar-refractivity contribution < 1.29 is 18.7 Å². The predicted octanol–water partition coefficient (Wildman–Crippen LogP) is 2.85. The van der Waals surface area contributed by atoms with E-state index in [4.69, 9.17) is 9.47 Å². The molecule has 7 nitrogen and oxygen atoms in total. The molecule has 1 aromatic heterocycles. The van der Waals surface area contributed by atoms with Gasteiger partial charge in [0.05, 0.1) is 32.5 Å². The summed E-state index contributed by atoms with van der Waals surface area (Å²) in [4.78, 5) is 23.0. The van der Waals surface area contributed by atoms with Gasteiger partial charge in [-0.15, -0.1) is 0 Å². The highest BCUT2D eigenvalue weighted by molar-refractivity contribution is 5.90. The van der Waals surface area contributed by atoms with Gasteiger partial charge in [-0.05, 0) is 18.6 Å². The van der Waals surface area contributed by atoms with Crippen LogP contribution in [0.1, 0.15) is 30.4 Å². The molecule has 0 aliphatic carbocycles. The first-order valence-corrected chi connectivity index (χ1v) is 8.93. The van der Waals surface area contributed by atoms with E-state index in [9.17, 15) is 9.18 Å². The molecule has 2 aliphatic rings. The van der Waals surface area contributed by atoms with Gasteiger partial charge in [0.25, 0.3) is 0 Å². The number of urea groups is 1. The molecular weight excluding hydrogens is 351 g/mol. The molecule has 1 aromatic carbocycles. The Morgan fingerprint density at radius 3 is 2.96 bits per heavy atom. The molecule has 0 bridgehead atoms. The smallest absolute Gasteiger partial charge is 0.322 e. The summed E-state index contributed by atoms with van der Waals surface area (Å²) in [6, 6.07) is 4.01. The Morgan fingerprint density at radius 1 is 1.44 bits per heavy atom. The van der Waals surface area contributed by atoms with Gasteiger partial charge in [-0.25, -0.2) is 19.2 Å². The Balaban J connectivity index is 1.41. The van der Waals surface area contributed by atoms with Gasteiger partial charge < -0.3 is 19.7 Å². The first-order valence-electron chi connectivity index (χ1n) is 8.93. The number of rotatable bonds is 4. The lowest BCUT2D eigenvalue weighted by Gasteiger charge is -2.46. The number of nitrogens with one attached hydrogen (secondary N) is 1. The molecule has 8 heteroatoms. The number of fused-ring (bicyclic) bond motifs is 2. The molecule has 2 aliphatic heterocycles. The predicted molar refractivity (Wildman–Crippen MR) is 96.0 cm³/mol. The van der Waals surface area contributed by atoms with E-state index < -0.39 is 11.4 Å². The third-order valence-corrected chi connectivity index (χ3v) is 4.95. The number of carbonyl (C=O) groups is 1. The van der Waals surface area contributed by atoms with Crippen LogP contribution < -0.4 is 10.1 Å². The zero-order valence-corrected chi connectivity index (χ0v) is 15.3. The van der Waals surface area contributed by atoms with Crippen molar-refractivity contribution in [2.24, 2.45) is 0 Å². The number of methoxy groups -OCH3 is 1. The summed E-state index contributed by atoms with van der Waals surface area (Å²) in [5.74, 6) is 0.435. The number of carbonyl (C=O) groups excluding carboxylic acids is 1. The fourth-order valence-corrected chi connectivity index (χ4v) is 3.50. The maximum Gasteiger partial charge on any atom is 0.322 e. The zero-order valence-electron chi connectivity index (χ0n) is 15.3. The van der Waals surface area contributed by atoms with E-state index in [0.717, 1.165) is 29.9 Å². The lowest BCUT2D eigenvalue weighted by atomic mass is 9.88. The number of aryl methyl sites for hydroxylation is 1. The molecule has 1 spiro atoms. The Morgan fingerprint density at radius 2 is 2.26 bits per heavy atom. The molecule has 0 saturated carbocycles. The minimum absolute atomic E-state index is 0.134. The largest absolute Gasteiger partial charge is 0.494 e. The molecule has 0 atom stereocenters. The summed E-state index contributed by atoms with van der Waals surface area (Å²) in [7, 11) is 1.39. The molecule has 0 radical (unpaired) electrons. The van der Waals surface area contributed by atoms with Crippen LogP contribution in [0.4, 0.5) is 14.9 Å². The quantitative estimate of drug-likeness (QED) is 0.893. The van der Waals surface area contributed by atoms with Gasteiger partial charge in [-0.1, -0.05) is 6.92 Å². The number of halogens is 1. The van der Waals surface area contributed by atoms with Crippen LogP contribution in [0.15, 0.2) is 24.4 Å². The molecule has 0 unspecified atom stereocenters. The molecule has 2 amide bonds. The second-order valence-corrected chi connectivity index (χ2v) is 6.82. The molecular formula is C19H21FN4O3. The average Bonchev–Trinajstić information content (AvgIpc) is 3.00. The fraction of sp³-hybridized carbons (Fsp3) is 0.421. The van der Waals surface area contributed by atoms with Gasteiger partial charge in [-0.2, -0.15) is 0 Å². The van der Waals surface area contributed by atoms with E-state index in [1.807, 2.05) is 6.20 Å². The van der Waals surface area contributed by atoms with E-state index in [1.165, 1.54) is 19.2 Å². The van der Waals surface area contributed by atoms with Gasteiger partial charge in [0, 0.05) is 29.9 Å². The van der Waals surface area contributed by atoms with Crippen LogP contribution in [0.2, 0.25) is 0 Å². The molecule has 1 fully saturated rings. The van der Waals surface area contributed by atoms with E-state index in [2.05, 4.69) is 22.2 Å². The summed E-state index contributed by atoms with van der Waals surface area (Å²) in [6.07, 6.45) is 3.66. The van der Waals surface area contributed by atoms with Gasteiger partial charge in [0.2, 0.25) is 0 Å². The van der Waals surface area contributed by atoms with Crippen molar-refractivity contribution in [2.45, 2.75) is 32.0 Å². The first kappa shape index (κ1) is 17.7. The van der Waals surface area contributed by atoms with Gasteiger partial charge in [0.15, 0.2) is 11.6 Å². The van der Waals surface area contributed by atoms with Crippen LogP contribution in [-0.2, 0) is 23.4 Å². The Hall–Kier alpha value is -2.74. The van der Waals surface area contributed by atoms with Crippen molar-refractivity contribution >= 4 is 11.7 Å². The standard InChI is InChI=1S/C19H21FN4O3/c1-3-4-17-21-8-13-15(23-17)9-27-19(13)10-24(11-19)18(25)22-12-5-6-16(26-2)14(20)7-12/h5-8H,3-4,9-11H2,1-2H3,(H,22,25). The van der Waals surface area contributed by atoms with Crippen molar-refractivity contribution in [3.8, 4) is 5.75 Å². The molecule has 1 saturated heterocycles. The highest BCUT2D eigenvalue weighted by Crippen LogP contribution is 2.42.